The number of carbonyl (C=O) groups is 1. The topological polar surface area (TPSA) is 87.7 Å². The van der Waals surface area contributed by atoms with Gasteiger partial charge in [-0.2, -0.15) is 13.2 Å². The second kappa shape index (κ2) is 7.00. The Morgan fingerprint density at radius 1 is 1.33 bits per heavy atom. The molecule has 0 bridgehead atoms. The third-order valence-corrected chi connectivity index (χ3v) is 3.90. The summed E-state index contributed by atoms with van der Waals surface area (Å²) in [5, 5.41) is 14.2. The van der Waals surface area contributed by atoms with Crippen LogP contribution in [0.5, 0.6) is 0 Å². The molecule has 8 heteroatoms. The summed E-state index contributed by atoms with van der Waals surface area (Å²) in [6.45, 7) is 1.29. The second-order valence-electron chi connectivity index (χ2n) is 5.68. The van der Waals surface area contributed by atoms with E-state index < -0.39 is 30.0 Å². The molecular weight excluding hydrogens is 287 g/mol. The molecule has 0 saturated heterocycles. The van der Waals surface area contributed by atoms with Crippen LogP contribution >= 0.6 is 0 Å². The number of rotatable bonds is 4. The Kier molecular flexibility index (Phi) is 5.86. The Morgan fingerprint density at radius 3 is 2.29 bits per heavy atom. The number of amides is 1. The molecule has 0 spiro atoms. The summed E-state index contributed by atoms with van der Waals surface area (Å²) in [6, 6.07) is -1.05. The monoisotopic (exact) mass is 309 g/mol. The van der Waals surface area contributed by atoms with E-state index in [0.717, 1.165) is 25.7 Å². The summed E-state index contributed by atoms with van der Waals surface area (Å²) in [4.78, 5) is 12.4. The first-order valence-corrected chi connectivity index (χ1v) is 7.07. The summed E-state index contributed by atoms with van der Waals surface area (Å²) in [6.07, 6.45) is -1.40. The van der Waals surface area contributed by atoms with Gasteiger partial charge >= 0.3 is 6.18 Å². The molecule has 4 N–H and O–H groups in total. The van der Waals surface area contributed by atoms with Crippen LogP contribution in [-0.2, 0) is 4.79 Å². The Morgan fingerprint density at radius 2 is 1.86 bits per heavy atom. The maximum atomic E-state index is 12.4. The summed E-state index contributed by atoms with van der Waals surface area (Å²) in [5.74, 6) is -0.808. The third-order valence-electron chi connectivity index (χ3n) is 3.90. The van der Waals surface area contributed by atoms with Gasteiger partial charge in [0.2, 0.25) is 5.91 Å². The molecule has 0 aliphatic heterocycles. The van der Waals surface area contributed by atoms with Crippen molar-refractivity contribution in [2.75, 3.05) is 0 Å². The van der Waals surface area contributed by atoms with Gasteiger partial charge in [-0.1, -0.05) is 30.8 Å². The van der Waals surface area contributed by atoms with Gasteiger partial charge in [0.05, 0.1) is 6.42 Å². The first kappa shape index (κ1) is 17.6. The maximum absolute atomic E-state index is 12.4. The van der Waals surface area contributed by atoms with Crippen LogP contribution < -0.4 is 11.1 Å². The van der Waals surface area contributed by atoms with E-state index in [2.05, 4.69) is 10.5 Å². The summed E-state index contributed by atoms with van der Waals surface area (Å²) >= 11 is 0. The van der Waals surface area contributed by atoms with E-state index in [1.165, 1.54) is 6.92 Å². The van der Waals surface area contributed by atoms with Crippen LogP contribution in [0.2, 0.25) is 0 Å². The molecule has 0 radical (unpaired) electrons. The van der Waals surface area contributed by atoms with Crippen LogP contribution in [0.25, 0.3) is 0 Å². The predicted octanol–water partition coefficient (Wildman–Crippen LogP) is 2.53. The minimum absolute atomic E-state index is 0.221. The highest BCUT2D eigenvalue weighted by molar-refractivity contribution is 6.06. The number of nitrogens with zero attached hydrogens (tertiary/aromatic N) is 1. The lowest BCUT2D eigenvalue weighted by atomic mass is 9.78. The van der Waals surface area contributed by atoms with E-state index in [9.17, 15) is 18.0 Å². The molecule has 1 aliphatic rings. The van der Waals surface area contributed by atoms with Gasteiger partial charge in [0.15, 0.2) is 5.84 Å². The van der Waals surface area contributed by atoms with E-state index in [4.69, 9.17) is 10.9 Å². The molecule has 1 rings (SSSR count). The zero-order chi connectivity index (χ0) is 16.1. The molecule has 0 aromatic carbocycles. The van der Waals surface area contributed by atoms with Crippen molar-refractivity contribution < 1.29 is 23.2 Å². The lowest BCUT2D eigenvalue weighted by molar-refractivity contribution is -0.143. The molecule has 1 aliphatic carbocycles. The molecule has 0 heterocycles. The van der Waals surface area contributed by atoms with Gasteiger partial charge in [0.1, 0.15) is 5.41 Å². The number of hydrogen-bond acceptors (Lipinski definition) is 3. The van der Waals surface area contributed by atoms with Crippen LogP contribution in [0.4, 0.5) is 13.2 Å². The normalized spacial score (nSPS) is 21.4. The minimum Gasteiger partial charge on any atom is -0.409 e. The lowest BCUT2D eigenvalue weighted by Crippen LogP contribution is -2.52. The predicted molar refractivity (Wildman–Crippen MR) is 71.8 cm³/mol. The fourth-order valence-electron chi connectivity index (χ4n) is 2.79. The summed E-state index contributed by atoms with van der Waals surface area (Å²) < 4.78 is 37.0. The standard InChI is InChI=1S/C13H22F3N3O2/c1-9(8-13(14,15)16)18-11(20)12(10(17)19-21)6-4-2-3-5-7-12/h9,21H,2-8H2,1H3,(H2,17,19)(H,18,20). The van der Waals surface area contributed by atoms with Crippen molar-refractivity contribution in [3.05, 3.63) is 0 Å². The number of amidine groups is 1. The van der Waals surface area contributed by atoms with Crippen molar-refractivity contribution in [1.82, 2.24) is 5.32 Å². The SMILES string of the molecule is CC(CC(F)(F)F)NC(=O)C1(C(N)=NO)CCCCCC1. The summed E-state index contributed by atoms with van der Waals surface area (Å²) in [7, 11) is 0. The van der Waals surface area contributed by atoms with E-state index in [0.29, 0.717) is 12.8 Å². The molecule has 1 saturated carbocycles. The van der Waals surface area contributed by atoms with Crippen molar-refractivity contribution in [1.29, 1.82) is 0 Å². The Labute approximate surface area is 121 Å². The maximum Gasteiger partial charge on any atom is 0.391 e. The highest BCUT2D eigenvalue weighted by Gasteiger charge is 2.44. The zero-order valence-corrected chi connectivity index (χ0v) is 12.0. The van der Waals surface area contributed by atoms with Gasteiger partial charge in [-0.25, -0.2) is 0 Å². The number of alkyl halides is 3. The highest BCUT2D eigenvalue weighted by Crippen LogP contribution is 2.36. The first-order valence-electron chi connectivity index (χ1n) is 7.07. The van der Waals surface area contributed by atoms with E-state index in [1.54, 1.807) is 0 Å². The van der Waals surface area contributed by atoms with Gasteiger partial charge in [-0.3, -0.25) is 4.79 Å². The smallest absolute Gasteiger partial charge is 0.391 e. The summed E-state index contributed by atoms with van der Waals surface area (Å²) in [5.41, 5.74) is 4.47. The molecule has 122 valence electrons. The highest BCUT2D eigenvalue weighted by atomic mass is 19.4. The van der Waals surface area contributed by atoms with Crippen molar-refractivity contribution in [3.8, 4) is 0 Å². The van der Waals surface area contributed by atoms with Gasteiger partial charge < -0.3 is 16.3 Å². The number of nitrogens with one attached hydrogen (secondary N) is 1. The van der Waals surface area contributed by atoms with Crippen molar-refractivity contribution in [2.45, 2.75) is 64.1 Å². The Bertz CT molecular complexity index is 389. The molecule has 21 heavy (non-hydrogen) atoms. The number of halogens is 3. The van der Waals surface area contributed by atoms with Crippen LogP contribution in [0.1, 0.15) is 51.9 Å². The minimum atomic E-state index is -4.35. The molecular formula is C13H22F3N3O2. The third kappa shape index (κ3) is 4.78. The fraction of sp³-hybridized carbons (Fsp3) is 0.846. The molecule has 1 atom stereocenters. The number of oxime groups is 1. The zero-order valence-electron chi connectivity index (χ0n) is 12.0. The quantitative estimate of drug-likeness (QED) is 0.245. The van der Waals surface area contributed by atoms with Crippen molar-refractivity contribution in [3.63, 3.8) is 0 Å². The number of nitrogens with two attached hydrogens (primary N) is 1. The van der Waals surface area contributed by atoms with Crippen molar-refractivity contribution in [2.24, 2.45) is 16.3 Å². The van der Waals surface area contributed by atoms with Crippen LogP contribution in [0, 0.1) is 5.41 Å². The number of carbonyl (C=O) groups excluding carboxylic acids is 1. The molecule has 1 unspecified atom stereocenters. The fourth-order valence-corrected chi connectivity index (χ4v) is 2.79. The molecule has 0 aromatic heterocycles. The average Bonchev–Trinajstić information content (AvgIpc) is 2.61. The van der Waals surface area contributed by atoms with Gasteiger partial charge in [0, 0.05) is 6.04 Å². The van der Waals surface area contributed by atoms with E-state index in [1.807, 2.05) is 0 Å². The molecule has 1 fully saturated rings. The molecule has 0 aromatic rings. The molecule has 5 nitrogen and oxygen atoms in total. The Balaban J connectivity index is 2.86. The van der Waals surface area contributed by atoms with E-state index in [-0.39, 0.29) is 5.84 Å². The van der Waals surface area contributed by atoms with Gasteiger partial charge in [0.25, 0.3) is 0 Å². The van der Waals surface area contributed by atoms with Gasteiger partial charge in [-0.15, -0.1) is 0 Å². The van der Waals surface area contributed by atoms with Crippen LogP contribution in [0.15, 0.2) is 5.16 Å². The van der Waals surface area contributed by atoms with Gasteiger partial charge in [-0.05, 0) is 19.8 Å². The second-order valence-corrected chi connectivity index (χ2v) is 5.68. The Hall–Kier alpha value is -1.47. The first-order chi connectivity index (χ1) is 9.71. The number of hydrogen-bond donors (Lipinski definition) is 3. The van der Waals surface area contributed by atoms with Crippen LogP contribution in [-0.4, -0.2) is 29.2 Å². The largest absolute Gasteiger partial charge is 0.409 e. The van der Waals surface area contributed by atoms with Crippen molar-refractivity contribution >= 4 is 11.7 Å². The van der Waals surface area contributed by atoms with Crippen LogP contribution in [0.3, 0.4) is 0 Å². The lowest BCUT2D eigenvalue weighted by Gasteiger charge is -2.31. The average molecular weight is 309 g/mol. The molecule has 1 amide bonds. The van der Waals surface area contributed by atoms with E-state index >= 15 is 0 Å².